The Labute approximate surface area is 150 Å². The Hall–Kier alpha value is -1.88. The predicted octanol–water partition coefficient (Wildman–Crippen LogP) is 3.76. The molecule has 1 saturated heterocycles. The minimum Gasteiger partial charge on any atom is -0.497 e. The Morgan fingerprint density at radius 2 is 1.88 bits per heavy atom. The maximum atomic E-state index is 5.27. The Morgan fingerprint density at radius 3 is 2.60 bits per heavy atom. The first-order chi connectivity index (χ1) is 12.2. The molecule has 25 heavy (non-hydrogen) atoms. The van der Waals surface area contributed by atoms with Gasteiger partial charge in [0, 0.05) is 5.92 Å². The van der Waals surface area contributed by atoms with Crippen LogP contribution in [0.4, 0.5) is 0 Å². The van der Waals surface area contributed by atoms with Crippen molar-refractivity contribution in [1.82, 2.24) is 19.7 Å². The van der Waals surface area contributed by atoms with E-state index in [0.29, 0.717) is 12.0 Å². The van der Waals surface area contributed by atoms with Gasteiger partial charge in [0.15, 0.2) is 5.82 Å². The van der Waals surface area contributed by atoms with Crippen molar-refractivity contribution >= 4 is 0 Å². The van der Waals surface area contributed by atoms with Gasteiger partial charge in [0.2, 0.25) is 0 Å². The third kappa shape index (κ3) is 3.71. The van der Waals surface area contributed by atoms with Crippen LogP contribution in [0.25, 0.3) is 0 Å². The van der Waals surface area contributed by atoms with Gasteiger partial charge in [-0.25, -0.2) is 9.67 Å². The number of hydrogen-bond acceptors (Lipinski definition) is 4. The van der Waals surface area contributed by atoms with Gasteiger partial charge in [-0.1, -0.05) is 25.0 Å². The van der Waals surface area contributed by atoms with Crippen LogP contribution in [0.1, 0.15) is 67.7 Å². The number of ether oxygens (including phenoxy) is 1. The highest BCUT2D eigenvalue weighted by Crippen LogP contribution is 2.39. The largest absolute Gasteiger partial charge is 0.497 e. The lowest BCUT2D eigenvalue weighted by Crippen LogP contribution is -2.27. The Kier molecular flexibility index (Phi) is 4.75. The third-order valence-electron chi connectivity index (χ3n) is 5.47. The van der Waals surface area contributed by atoms with Crippen molar-refractivity contribution in [2.24, 2.45) is 0 Å². The zero-order valence-corrected chi connectivity index (χ0v) is 15.3. The summed E-state index contributed by atoms with van der Waals surface area (Å²) >= 11 is 0. The van der Waals surface area contributed by atoms with E-state index in [9.17, 15) is 0 Å². The molecule has 0 N–H and O–H groups in total. The molecule has 1 aliphatic heterocycles. The molecule has 1 aliphatic carbocycles. The number of benzene rings is 1. The molecule has 0 spiro atoms. The molecule has 0 bridgehead atoms. The summed E-state index contributed by atoms with van der Waals surface area (Å²) in [6.45, 7) is 1.93. The predicted molar refractivity (Wildman–Crippen MR) is 97.9 cm³/mol. The van der Waals surface area contributed by atoms with Gasteiger partial charge in [0.25, 0.3) is 0 Å². The first kappa shape index (κ1) is 16.6. The fourth-order valence-electron chi connectivity index (χ4n) is 3.73. The highest BCUT2D eigenvalue weighted by atomic mass is 16.5. The molecule has 2 aliphatic rings. The van der Waals surface area contributed by atoms with Crippen molar-refractivity contribution < 1.29 is 4.74 Å². The summed E-state index contributed by atoms with van der Waals surface area (Å²) in [5, 5.41) is 4.90. The van der Waals surface area contributed by atoms with Crippen LogP contribution < -0.4 is 4.74 Å². The summed E-state index contributed by atoms with van der Waals surface area (Å²) in [7, 11) is 3.94. The SMILES string of the molecule is COc1ccc(Cn2nc(C3CC3)nc2[C@@H]2CCCCCN2C)cc1. The maximum absolute atomic E-state index is 5.27. The fourth-order valence-corrected chi connectivity index (χ4v) is 3.73. The van der Waals surface area contributed by atoms with Crippen LogP contribution in [-0.2, 0) is 6.54 Å². The van der Waals surface area contributed by atoms with Crippen molar-refractivity contribution in [2.75, 3.05) is 20.7 Å². The minimum atomic E-state index is 0.390. The molecule has 5 heteroatoms. The Morgan fingerprint density at radius 1 is 1.08 bits per heavy atom. The van der Waals surface area contributed by atoms with Gasteiger partial charge < -0.3 is 4.74 Å². The van der Waals surface area contributed by atoms with E-state index in [1.165, 1.54) is 44.1 Å². The molecule has 0 amide bonds. The van der Waals surface area contributed by atoms with Crippen LogP contribution in [-0.4, -0.2) is 40.4 Å². The zero-order chi connectivity index (χ0) is 17.2. The van der Waals surface area contributed by atoms with Crippen molar-refractivity contribution in [3.8, 4) is 5.75 Å². The van der Waals surface area contributed by atoms with E-state index in [0.717, 1.165) is 30.5 Å². The minimum absolute atomic E-state index is 0.390. The lowest BCUT2D eigenvalue weighted by molar-refractivity contribution is 0.234. The summed E-state index contributed by atoms with van der Waals surface area (Å²) in [6.07, 6.45) is 7.56. The van der Waals surface area contributed by atoms with Crippen LogP contribution >= 0.6 is 0 Å². The smallest absolute Gasteiger partial charge is 0.154 e. The second-order valence-electron chi connectivity index (χ2n) is 7.45. The molecular weight excluding hydrogens is 312 g/mol. The Balaban J connectivity index is 1.62. The lowest BCUT2D eigenvalue weighted by Gasteiger charge is -2.25. The van der Waals surface area contributed by atoms with Gasteiger partial charge in [-0.15, -0.1) is 0 Å². The monoisotopic (exact) mass is 340 g/mol. The van der Waals surface area contributed by atoms with E-state index >= 15 is 0 Å². The molecular formula is C20H28N4O. The normalized spacial score (nSPS) is 21.9. The molecule has 2 heterocycles. The summed E-state index contributed by atoms with van der Waals surface area (Å²) < 4.78 is 7.42. The molecule has 2 aromatic rings. The van der Waals surface area contributed by atoms with Gasteiger partial charge in [0.1, 0.15) is 11.6 Å². The van der Waals surface area contributed by atoms with E-state index in [-0.39, 0.29) is 0 Å². The van der Waals surface area contributed by atoms with E-state index in [1.807, 2.05) is 12.1 Å². The molecule has 2 fully saturated rings. The second kappa shape index (κ2) is 7.16. The van der Waals surface area contributed by atoms with Crippen molar-refractivity contribution in [2.45, 2.75) is 57.0 Å². The molecule has 134 valence electrons. The van der Waals surface area contributed by atoms with Crippen molar-refractivity contribution in [3.05, 3.63) is 41.5 Å². The van der Waals surface area contributed by atoms with Gasteiger partial charge in [-0.2, -0.15) is 5.10 Å². The van der Waals surface area contributed by atoms with Crippen molar-refractivity contribution in [1.29, 1.82) is 0 Å². The van der Waals surface area contributed by atoms with Crippen LogP contribution in [0.3, 0.4) is 0 Å². The highest BCUT2D eigenvalue weighted by Gasteiger charge is 2.32. The van der Waals surface area contributed by atoms with Crippen LogP contribution in [0, 0.1) is 0 Å². The third-order valence-corrected chi connectivity index (χ3v) is 5.47. The molecule has 1 aromatic heterocycles. The van der Waals surface area contributed by atoms with E-state index in [4.69, 9.17) is 14.8 Å². The van der Waals surface area contributed by atoms with Crippen LogP contribution in [0.15, 0.2) is 24.3 Å². The molecule has 0 radical (unpaired) electrons. The lowest BCUT2D eigenvalue weighted by atomic mass is 10.1. The number of hydrogen-bond donors (Lipinski definition) is 0. The maximum Gasteiger partial charge on any atom is 0.154 e. The molecule has 1 aromatic carbocycles. The molecule has 0 unspecified atom stereocenters. The average molecular weight is 340 g/mol. The standard InChI is InChI=1S/C20H28N4O/c1-23-13-5-3-4-6-18(23)20-21-19(16-9-10-16)22-24(20)14-15-7-11-17(25-2)12-8-15/h7-8,11-12,16,18H,3-6,9-10,13-14H2,1-2H3/t18-/m0/s1. The first-order valence-corrected chi connectivity index (χ1v) is 9.52. The number of aromatic nitrogens is 3. The van der Waals surface area contributed by atoms with E-state index in [2.05, 4.69) is 28.8 Å². The van der Waals surface area contributed by atoms with E-state index in [1.54, 1.807) is 7.11 Å². The number of likely N-dealkylation sites (tertiary alicyclic amines) is 1. The second-order valence-corrected chi connectivity index (χ2v) is 7.45. The number of nitrogens with zero attached hydrogens (tertiary/aromatic N) is 4. The van der Waals surface area contributed by atoms with E-state index < -0.39 is 0 Å². The van der Waals surface area contributed by atoms with Gasteiger partial charge in [-0.05, 0) is 57.0 Å². The molecule has 4 rings (SSSR count). The topological polar surface area (TPSA) is 43.2 Å². The van der Waals surface area contributed by atoms with Crippen molar-refractivity contribution in [3.63, 3.8) is 0 Å². The summed E-state index contributed by atoms with van der Waals surface area (Å²) in [4.78, 5) is 7.47. The van der Waals surface area contributed by atoms with Gasteiger partial charge in [-0.3, -0.25) is 4.90 Å². The van der Waals surface area contributed by atoms with Crippen LogP contribution in [0.5, 0.6) is 5.75 Å². The molecule has 1 atom stereocenters. The molecule has 5 nitrogen and oxygen atoms in total. The van der Waals surface area contributed by atoms with Gasteiger partial charge >= 0.3 is 0 Å². The quantitative estimate of drug-likeness (QED) is 0.831. The first-order valence-electron chi connectivity index (χ1n) is 9.52. The Bertz CT molecular complexity index is 705. The van der Waals surface area contributed by atoms with Gasteiger partial charge in [0.05, 0.1) is 19.7 Å². The average Bonchev–Trinajstić information content (AvgIpc) is 3.43. The van der Waals surface area contributed by atoms with Crippen LogP contribution in [0.2, 0.25) is 0 Å². The highest BCUT2D eigenvalue weighted by molar-refractivity contribution is 5.27. The zero-order valence-electron chi connectivity index (χ0n) is 15.3. The summed E-state index contributed by atoms with van der Waals surface area (Å²) in [5.74, 6) is 3.69. The summed E-state index contributed by atoms with van der Waals surface area (Å²) in [6, 6.07) is 8.67. The molecule has 1 saturated carbocycles. The summed E-state index contributed by atoms with van der Waals surface area (Å²) in [5.41, 5.74) is 1.24. The fraction of sp³-hybridized carbons (Fsp3) is 0.600. The number of methoxy groups -OCH3 is 1. The number of rotatable bonds is 5.